The van der Waals surface area contributed by atoms with Gasteiger partial charge in [0.1, 0.15) is 0 Å². The molecule has 0 bridgehead atoms. The monoisotopic (exact) mass is 392 g/mol. The molecule has 0 atom stereocenters. The molecule has 2 nitrogen and oxygen atoms in total. The van der Waals surface area contributed by atoms with E-state index in [-0.39, 0.29) is 5.56 Å². The molecule has 0 aliphatic heterocycles. The third-order valence-electron chi connectivity index (χ3n) is 3.97. The summed E-state index contributed by atoms with van der Waals surface area (Å²) in [5, 5.41) is 9.71. The maximum atomic E-state index is 11.3. The standard InChI is InChI=1S/C22H29ClO2S/c1-16(2)7-5-8-17(3)9-6-10-18(4)13-14-26-21-12-11-19(23)15-20(21)22(24)25/h7,9,11-13,15H,5-6,8,10,14H2,1-4H3,(H,24,25)/b17-9-,18-13-. The largest absolute Gasteiger partial charge is 0.478 e. The van der Waals surface area contributed by atoms with Crippen LogP contribution in [0.3, 0.4) is 0 Å². The second kappa shape index (κ2) is 12.0. The van der Waals surface area contributed by atoms with Gasteiger partial charge in [0.2, 0.25) is 0 Å². The van der Waals surface area contributed by atoms with Crippen LogP contribution in [0.1, 0.15) is 63.7 Å². The fourth-order valence-electron chi connectivity index (χ4n) is 2.41. The van der Waals surface area contributed by atoms with Gasteiger partial charge in [0.05, 0.1) is 5.56 Å². The minimum absolute atomic E-state index is 0.267. The van der Waals surface area contributed by atoms with E-state index in [4.69, 9.17) is 11.6 Å². The topological polar surface area (TPSA) is 37.3 Å². The Kier molecular flexibility index (Phi) is 10.5. The van der Waals surface area contributed by atoms with Crippen LogP contribution >= 0.6 is 23.4 Å². The molecule has 26 heavy (non-hydrogen) atoms. The van der Waals surface area contributed by atoms with Crippen LogP contribution < -0.4 is 0 Å². The van der Waals surface area contributed by atoms with Crippen molar-refractivity contribution in [1.82, 2.24) is 0 Å². The lowest BCUT2D eigenvalue weighted by molar-refractivity contribution is 0.0693. The van der Waals surface area contributed by atoms with Gasteiger partial charge in [-0.2, -0.15) is 0 Å². The molecule has 1 aromatic carbocycles. The molecule has 0 aromatic heterocycles. The lowest BCUT2D eigenvalue weighted by Crippen LogP contribution is -1.98. The molecule has 0 spiro atoms. The van der Waals surface area contributed by atoms with Crippen molar-refractivity contribution in [3.8, 4) is 0 Å². The van der Waals surface area contributed by atoms with Gasteiger partial charge in [-0.1, -0.05) is 46.5 Å². The quantitative estimate of drug-likeness (QED) is 0.330. The summed E-state index contributed by atoms with van der Waals surface area (Å²) >= 11 is 7.41. The number of carbonyl (C=O) groups is 1. The molecule has 1 N–H and O–H groups in total. The van der Waals surface area contributed by atoms with Crippen molar-refractivity contribution in [2.24, 2.45) is 0 Å². The second-order valence-electron chi connectivity index (χ2n) is 6.72. The van der Waals surface area contributed by atoms with Crippen molar-refractivity contribution in [1.29, 1.82) is 0 Å². The summed E-state index contributed by atoms with van der Waals surface area (Å²) in [5.41, 5.74) is 4.41. The number of carboxylic acids is 1. The summed E-state index contributed by atoms with van der Waals surface area (Å²) in [6.45, 7) is 8.60. The molecule has 0 saturated heterocycles. The van der Waals surface area contributed by atoms with Crippen LogP contribution in [-0.2, 0) is 0 Å². The molecule has 0 aliphatic rings. The molecule has 1 aromatic rings. The molecule has 0 heterocycles. The van der Waals surface area contributed by atoms with E-state index < -0.39 is 5.97 Å². The van der Waals surface area contributed by atoms with Crippen LogP contribution in [-0.4, -0.2) is 16.8 Å². The molecular weight excluding hydrogens is 364 g/mol. The third kappa shape index (κ3) is 9.30. The molecule has 142 valence electrons. The molecular formula is C22H29ClO2S. The number of carboxylic acid groups (broad SMARTS) is 1. The van der Waals surface area contributed by atoms with Crippen molar-refractivity contribution in [2.45, 2.75) is 58.3 Å². The van der Waals surface area contributed by atoms with Crippen molar-refractivity contribution in [2.75, 3.05) is 5.75 Å². The van der Waals surface area contributed by atoms with Gasteiger partial charge in [0.15, 0.2) is 0 Å². The summed E-state index contributed by atoms with van der Waals surface area (Å²) in [7, 11) is 0. The number of rotatable bonds is 10. The smallest absolute Gasteiger partial charge is 0.336 e. The zero-order chi connectivity index (χ0) is 19.5. The van der Waals surface area contributed by atoms with Crippen LogP contribution in [0.5, 0.6) is 0 Å². The van der Waals surface area contributed by atoms with Gasteiger partial charge in [-0.25, -0.2) is 4.79 Å². The highest BCUT2D eigenvalue weighted by molar-refractivity contribution is 7.99. The highest BCUT2D eigenvalue weighted by Gasteiger charge is 2.10. The molecule has 0 aliphatic carbocycles. The number of aromatic carboxylic acids is 1. The number of hydrogen-bond acceptors (Lipinski definition) is 2. The number of allylic oxidation sites excluding steroid dienone is 5. The van der Waals surface area contributed by atoms with E-state index in [9.17, 15) is 9.90 Å². The highest BCUT2D eigenvalue weighted by Crippen LogP contribution is 2.26. The van der Waals surface area contributed by atoms with E-state index in [1.54, 1.807) is 12.1 Å². The van der Waals surface area contributed by atoms with Crippen molar-refractivity contribution >= 4 is 29.3 Å². The fourth-order valence-corrected chi connectivity index (χ4v) is 3.59. The van der Waals surface area contributed by atoms with Gasteiger partial charge in [-0.05, 0) is 71.6 Å². The maximum absolute atomic E-state index is 11.3. The predicted molar refractivity (Wildman–Crippen MR) is 115 cm³/mol. The van der Waals surface area contributed by atoms with Gasteiger partial charge in [0, 0.05) is 15.7 Å². The summed E-state index contributed by atoms with van der Waals surface area (Å²) < 4.78 is 0. The Bertz CT molecular complexity index is 698. The van der Waals surface area contributed by atoms with Crippen LogP contribution in [0.4, 0.5) is 0 Å². The summed E-state index contributed by atoms with van der Waals surface area (Å²) in [6.07, 6.45) is 11.1. The van der Waals surface area contributed by atoms with E-state index in [1.807, 2.05) is 0 Å². The lowest BCUT2D eigenvalue weighted by atomic mass is 10.1. The van der Waals surface area contributed by atoms with Crippen LogP contribution in [0.25, 0.3) is 0 Å². The normalized spacial score (nSPS) is 12.2. The number of thioether (sulfide) groups is 1. The van der Waals surface area contributed by atoms with Crippen molar-refractivity contribution in [3.63, 3.8) is 0 Å². The Hall–Kier alpha value is -1.45. The minimum atomic E-state index is -0.940. The Morgan fingerprint density at radius 1 is 1.04 bits per heavy atom. The fraction of sp³-hybridized carbons (Fsp3) is 0.409. The zero-order valence-corrected chi connectivity index (χ0v) is 17.7. The number of hydrogen-bond donors (Lipinski definition) is 1. The van der Waals surface area contributed by atoms with E-state index in [0.717, 1.165) is 36.3 Å². The van der Waals surface area contributed by atoms with Crippen molar-refractivity contribution in [3.05, 3.63) is 63.7 Å². The number of halogens is 1. The first-order chi connectivity index (χ1) is 12.3. The SMILES string of the molecule is CC(C)=CCC/C(C)=C\CC/C(C)=C\CSc1ccc(Cl)cc1C(=O)O. The summed E-state index contributed by atoms with van der Waals surface area (Å²) in [5.74, 6) is -0.179. The lowest BCUT2D eigenvalue weighted by Gasteiger charge is -2.05. The number of benzene rings is 1. The van der Waals surface area contributed by atoms with E-state index in [1.165, 1.54) is 34.5 Å². The van der Waals surface area contributed by atoms with Gasteiger partial charge in [-0.3, -0.25) is 0 Å². The van der Waals surface area contributed by atoms with Gasteiger partial charge in [-0.15, -0.1) is 11.8 Å². The molecule has 1 rings (SSSR count). The molecule has 0 amide bonds. The molecule has 0 radical (unpaired) electrons. The maximum Gasteiger partial charge on any atom is 0.336 e. The summed E-state index contributed by atoms with van der Waals surface area (Å²) in [6, 6.07) is 5.01. The molecule has 0 fully saturated rings. The molecule has 0 unspecified atom stereocenters. The van der Waals surface area contributed by atoms with E-state index >= 15 is 0 Å². The van der Waals surface area contributed by atoms with Gasteiger partial charge in [0.25, 0.3) is 0 Å². The Morgan fingerprint density at radius 2 is 1.65 bits per heavy atom. The molecule has 4 heteroatoms. The van der Waals surface area contributed by atoms with Gasteiger partial charge >= 0.3 is 5.97 Å². The third-order valence-corrected chi connectivity index (χ3v) is 5.20. The summed E-state index contributed by atoms with van der Waals surface area (Å²) in [4.78, 5) is 12.0. The van der Waals surface area contributed by atoms with Crippen LogP contribution in [0.2, 0.25) is 5.02 Å². The Morgan fingerprint density at radius 3 is 2.27 bits per heavy atom. The van der Waals surface area contributed by atoms with E-state index in [0.29, 0.717) is 5.02 Å². The first kappa shape index (κ1) is 22.6. The highest BCUT2D eigenvalue weighted by atomic mass is 35.5. The second-order valence-corrected chi connectivity index (χ2v) is 8.21. The van der Waals surface area contributed by atoms with Crippen LogP contribution in [0.15, 0.2) is 58.0 Å². The van der Waals surface area contributed by atoms with Crippen LogP contribution in [0, 0.1) is 0 Å². The first-order valence-electron chi connectivity index (χ1n) is 8.90. The Balaban J connectivity index is 2.45. The van der Waals surface area contributed by atoms with Gasteiger partial charge < -0.3 is 5.11 Å². The average molecular weight is 393 g/mol. The first-order valence-corrected chi connectivity index (χ1v) is 10.3. The molecule has 0 saturated carbocycles. The minimum Gasteiger partial charge on any atom is -0.478 e. The average Bonchev–Trinajstić information content (AvgIpc) is 2.55. The zero-order valence-electron chi connectivity index (χ0n) is 16.1. The Labute approximate surface area is 167 Å². The van der Waals surface area contributed by atoms with E-state index in [2.05, 4.69) is 45.9 Å². The predicted octanol–water partition coefficient (Wildman–Crippen LogP) is 7.55. The van der Waals surface area contributed by atoms with Crippen molar-refractivity contribution < 1.29 is 9.90 Å².